The maximum atomic E-state index is 12.6. The largest absolute Gasteiger partial charge is 0.349 e. The molecule has 2 aromatic heterocycles. The SMILES string of the molecule is CC(C)C(=O)N1Cc2ccnn2[C@@H](C(=O)NCc2ccccn2)C1. The molecule has 2 amide bonds. The predicted molar refractivity (Wildman–Crippen MR) is 87.6 cm³/mol. The zero-order valence-electron chi connectivity index (χ0n) is 13.8. The van der Waals surface area contributed by atoms with Gasteiger partial charge in [-0.05, 0) is 18.2 Å². The van der Waals surface area contributed by atoms with Crippen molar-refractivity contribution in [3.8, 4) is 0 Å². The Balaban J connectivity index is 1.73. The lowest BCUT2D eigenvalue weighted by atomic mass is 10.1. The van der Waals surface area contributed by atoms with Gasteiger partial charge in [0.2, 0.25) is 11.8 Å². The van der Waals surface area contributed by atoms with Crippen LogP contribution in [0, 0.1) is 5.92 Å². The van der Waals surface area contributed by atoms with E-state index in [1.165, 1.54) is 0 Å². The summed E-state index contributed by atoms with van der Waals surface area (Å²) in [6.07, 6.45) is 3.36. The Labute approximate surface area is 140 Å². The third kappa shape index (κ3) is 3.29. The smallest absolute Gasteiger partial charge is 0.247 e. The van der Waals surface area contributed by atoms with Gasteiger partial charge in [-0.15, -0.1) is 0 Å². The van der Waals surface area contributed by atoms with Crippen LogP contribution in [0.2, 0.25) is 0 Å². The molecule has 3 rings (SSSR count). The summed E-state index contributed by atoms with van der Waals surface area (Å²) in [7, 11) is 0. The minimum atomic E-state index is -0.518. The molecule has 0 spiro atoms. The van der Waals surface area contributed by atoms with Gasteiger partial charge in [0.05, 0.1) is 31.0 Å². The van der Waals surface area contributed by atoms with E-state index in [0.29, 0.717) is 19.6 Å². The molecule has 7 heteroatoms. The first-order valence-electron chi connectivity index (χ1n) is 8.05. The number of nitrogens with one attached hydrogen (secondary N) is 1. The number of hydrogen-bond donors (Lipinski definition) is 1. The average molecular weight is 327 g/mol. The first-order chi connectivity index (χ1) is 11.6. The molecule has 0 saturated heterocycles. The number of fused-ring (bicyclic) bond motifs is 1. The van der Waals surface area contributed by atoms with Gasteiger partial charge in [0.25, 0.3) is 0 Å². The summed E-state index contributed by atoms with van der Waals surface area (Å²) in [4.78, 5) is 30.9. The lowest BCUT2D eigenvalue weighted by molar-refractivity contribution is -0.138. The lowest BCUT2D eigenvalue weighted by Crippen LogP contribution is -2.48. The van der Waals surface area contributed by atoms with E-state index in [4.69, 9.17) is 0 Å². The second kappa shape index (κ2) is 6.82. The molecule has 0 fully saturated rings. The van der Waals surface area contributed by atoms with Gasteiger partial charge in [0.1, 0.15) is 6.04 Å². The Morgan fingerprint density at radius 3 is 2.83 bits per heavy atom. The van der Waals surface area contributed by atoms with Gasteiger partial charge in [-0.3, -0.25) is 19.3 Å². The summed E-state index contributed by atoms with van der Waals surface area (Å²) in [6.45, 7) is 4.90. The molecule has 7 nitrogen and oxygen atoms in total. The molecule has 0 bridgehead atoms. The van der Waals surface area contributed by atoms with Crippen LogP contribution in [0.25, 0.3) is 0 Å². The molecule has 126 valence electrons. The summed E-state index contributed by atoms with van der Waals surface area (Å²) in [5.74, 6) is -0.214. The normalized spacial score (nSPS) is 16.8. The number of pyridine rings is 1. The van der Waals surface area contributed by atoms with Crippen molar-refractivity contribution >= 4 is 11.8 Å². The highest BCUT2D eigenvalue weighted by Gasteiger charge is 2.33. The molecule has 24 heavy (non-hydrogen) atoms. The van der Waals surface area contributed by atoms with Gasteiger partial charge in [0.15, 0.2) is 0 Å². The van der Waals surface area contributed by atoms with E-state index >= 15 is 0 Å². The third-order valence-electron chi connectivity index (χ3n) is 4.07. The van der Waals surface area contributed by atoms with Crippen molar-refractivity contribution in [1.82, 2.24) is 25.0 Å². The molecule has 0 aromatic carbocycles. The van der Waals surface area contributed by atoms with Crippen LogP contribution in [0.1, 0.15) is 31.3 Å². The summed E-state index contributed by atoms with van der Waals surface area (Å²) < 4.78 is 1.71. The molecule has 0 unspecified atom stereocenters. The molecule has 1 aliphatic rings. The molecule has 0 aliphatic carbocycles. The van der Waals surface area contributed by atoms with Crippen LogP contribution >= 0.6 is 0 Å². The van der Waals surface area contributed by atoms with Crippen molar-refractivity contribution in [2.24, 2.45) is 5.92 Å². The highest BCUT2D eigenvalue weighted by molar-refractivity contribution is 5.83. The lowest BCUT2D eigenvalue weighted by Gasteiger charge is -2.34. The van der Waals surface area contributed by atoms with Crippen LogP contribution in [0.4, 0.5) is 0 Å². The monoisotopic (exact) mass is 327 g/mol. The van der Waals surface area contributed by atoms with E-state index < -0.39 is 6.04 Å². The van der Waals surface area contributed by atoms with E-state index in [1.54, 1.807) is 22.0 Å². The van der Waals surface area contributed by atoms with Crippen molar-refractivity contribution < 1.29 is 9.59 Å². The second-order valence-electron chi connectivity index (χ2n) is 6.20. The maximum absolute atomic E-state index is 12.6. The van der Waals surface area contributed by atoms with Crippen molar-refractivity contribution in [3.63, 3.8) is 0 Å². The number of aromatic nitrogens is 3. The van der Waals surface area contributed by atoms with Crippen molar-refractivity contribution in [1.29, 1.82) is 0 Å². The Morgan fingerprint density at radius 2 is 2.12 bits per heavy atom. The van der Waals surface area contributed by atoms with Crippen molar-refractivity contribution in [3.05, 3.63) is 48.0 Å². The van der Waals surface area contributed by atoms with E-state index in [-0.39, 0.29) is 17.7 Å². The van der Waals surface area contributed by atoms with Crippen LogP contribution in [0.5, 0.6) is 0 Å². The number of carbonyl (C=O) groups excluding carboxylic acids is 2. The summed E-state index contributed by atoms with van der Waals surface area (Å²) in [6, 6.07) is 6.89. The molecular formula is C17H21N5O2. The van der Waals surface area contributed by atoms with E-state index in [9.17, 15) is 9.59 Å². The fraction of sp³-hybridized carbons (Fsp3) is 0.412. The second-order valence-corrected chi connectivity index (χ2v) is 6.20. The molecule has 0 radical (unpaired) electrons. The quantitative estimate of drug-likeness (QED) is 0.913. The van der Waals surface area contributed by atoms with Crippen LogP contribution in [-0.4, -0.2) is 38.0 Å². The number of hydrogen-bond acceptors (Lipinski definition) is 4. The zero-order chi connectivity index (χ0) is 17.1. The van der Waals surface area contributed by atoms with Crippen LogP contribution in [0.15, 0.2) is 36.7 Å². The molecule has 1 N–H and O–H groups in total. The average Bonchev–Trinajstić information content (AvgIpc) is 3.07. The highest BCUT2D eigenvalue weighted by Crippen LogP contribution is 2.22. The zero-order valence-corrected chi connectivity index (χ0v) is 13.8. The minimum absolute atomic E-state index is 0.0463. The van der Waals surface area contributed by atoms with E-state index in [0.717, 1.165) is 11.4 Å². The standard InChI is InChI=1S/C17H21N5O2/c1-12(2)17(24)21-10-14-6-8-20-22(14)15(11-21)16(23)19-9-13-5-3-4-7-18-13/h3-8,12,15H,9-11H2,1-2H3,(H,19,23)/t15-/m1/s1. The molecular weight excluding hydrogens is 306 g/mol. The Hall–Kier alpha value is -2.70. The number of amides is 2. The molecule has 1 aliphatic heterocycles. The summed E-state index contributed by atoms with van der Waals surface area (Å²) in [5.41, 5.74) is 1.66. The van der Waals surface area contributed by atoms with Gasteiger partial charge in [-0.2, -0.15) is 5.10 Å². The number of carbonyl (C=O) groups is 2. The fourth-order valence-corrected chi connectivity index (χ4v) is 2.82. The Kier molecular flexibility index (Phi) is 4.59. The van der Waals surface area contributed by atoms with E-state index in [2.05, 4.69) is 15.4 Å². The first-order valence-corrected chi connectivity index (χ1v) is 8.05. The Morgan fingerprint density at radius 1 is 1.29 bits per heavy atom. The fourth-order valence-electron chi connectivity index (χ4n) is 2.82. The van der Waals surface area contributed by atoms with Gasteiger partial charge in [-0.1, -0.05) is 19.9 Å². The topological polar surface area (TPSA) is 80.1 Å². The molecule has 1 atom stereocenters. The first kappa shape index (κ1) is 16.2. The van der Waals surface area contributed by atoms with Gasteiger partial charge < -0.3 is 10.2 Å². The minimum Gasteiger partial charge on any atom is -0.349 e. The molecule has 0 saturated carbocycles. The van der Waals surface area contributed by atoms with Gasteiger partial charge >= 0.3 is 0 Å². The maximum Gasteiger partial charge on any atom is 0.247 e. The predicted octanol–water partition coefficient (Wildman–Crippen LogP) is 1.13. The van der Waals surface area contributed by atoms with Crippen LogP contribution < -0.4 is 5.32 Å². The Bertz CT molecular complexity index is 726. The summed E-state index contributed by atoms with van der Waals surface area (Å²) in [5, 5.41) is 7.14. The van der Waals surface area contributed by atoms with Crippen molar-refractivity contribution in [2.45, 2.75) is 33.0 Å². The molecule has 2 aromatic rings. The van der Waals surface area contributed by atoms with E-state index in [1.807, 2.05) is 38.1 Å². The van der Waals surface area contributed by atoms with Gasteiger partial charge in [0, 0.05) is 18.3 Å². The highest BCUT2D eigenvalue weighted by atomic mass is 16.2. The molecule has 3 heterocycles. The van der Waals surface area contributed by atoms with Crippen LogP contribution in [0.3, 0.4) is 0 Å². The number of rotatable bonds is 4. The summed E-state index contributed by atoms with van der Waals surface area (Å²) >= 11 is 0. The van der Waals surface area contributed by atoms with Crippen molar-refractivity contribution in [2.75, 3.05) is 6.54 Å². The van der Waals surface area contributed by atoms with Gasteiger partial charge in [-0.25, -0.2) is 0 Å². The third-order valence-corrected chi connectivity index (χ3v) is 4.07. The van der Waals surface area contributed by atoms with Crippen LogP contribution in [-0.2, 0) is 22.7 Å². The number of nitrogens with zero attached hydrogens (tertiary/aromatic N) is 4.